The summed E-state index contributed by atoms with van der Waals surface area (Å²) in [5.41, 5.74) is 0.404. The number of Topliss-reactive ketones (excluding diaryl/α,β-unsaturated/α-hetero) is 1. The molecule has 5 aliphatic rings. The van der Waals surface area contributed by atoms with Crippen LogP contribution in [0.1, 0.15) is 85.0 Å². The number of hydrogen-bond donors (Lipinski definition) is 0. The van der Waals surface area contributed by atoms with E-state index in [4.69, 9.17) is 4.74 Å². The van der Waals surface area contributed by atoms with E-state index in [0.717, 1.165) is 43.4 Å². The number of carbonyl (C=O) groups excluding carboxylic acids is 1. The highest BCUT2D eigenvalue weighted by Crippen LogP contribution is 2.76. The molecule has 0 aromatic carbocycles. The Morgan fingerprint density at radius 3 is 2.65 bits per heavy atom. The number of ether oxygens (including phenoxy) is 1. The molecule has 0 amide bonds. The van der Waals surface area contributed by atoms with Crippen LogP contribution in [0.3, 0.4) is 0 Å². The predicted octanol–water partition coefficient (Wildman–Crippen LogP) is 4.90. The van der Waals surface area contributed by atoms with Gasteiger partial charge in [-0.1, -0.05) is 27.2 Å². The van der Waals surface area contributed by atoms with E-state index in [0.29, 0.717) is 11.2 Å². The molecule has 0 N–H and O–H groups in total. The second-order valence-corrected chi connectivity index (χ2v) is 9.95. The fourth-order valence-corrected chi connectivity index (χ4v) is 8.33. The van der Waals surface area contributed by atoms with Crippen LogP contribution < -0.4 is 0 Å². The largest absolute Gasteiger partial charge is 0.354 e. The quantitative estimate of drug-likeness (QED) is 0.644. The van der Waals surface area contributed by atoms with Gasteiger partial charge in [0.05, 0.1) is 0 Å². The van der Waals surface area contributed by atoms with Gasteiger partial charge in [-0.25, -0.2) is 0 Å². The fourth-order valence-electron chi connectivity index (χ4n) is 8.33. The van der Waals surface area contributed by atoms with Gasteiger partial charge in [-0.15, -0.1) is 0 Å². The van der Waals surface area contributed by atoms with Crippen molar-refractivity contribution >= 4 is 5.78 Å². The van der Waals surface area contributed by atoms with Gasteiger partial charge in [0, 0.05) is 11.8 Å². The van der Waals surface area contributed by atoms with Crippen molar-refractivity contribution in [3.05, 3.63) is 0 Å². The number of epoxide rings is 1. The van der Waals surface area contributed by atoms with Crippen LogP contribution in [0.5, 0.6) is 0 Å². The van der Waals surface area contributed by atoms with Crippen LogP contribution in [-0.4, -0.2) is 17.0 Å². The average molecular weight is 316 g/mol. The smallest absolute Gasteiger partial charge is 0.167 e. The molecule has 23 heavy (non-hydrogen) atoms. The normalized spacial score (nSPS) is 60.5. The Bertz CT molecular complexity index is 570. The lowest BCUT2D eigenvalue weighted by Gasteiger charge is -2.59. The maximum absolute atomic E-state index is 12.6. The van der Waals surface area contributed by atoms with E-state index in [1.54, 1.807) is 0 Å². The zero-order valence-corrected chi connectivity index (χ0v) is 15.1. The summed E-state index contributed by atoms with van der Waals surface area (Å²) in [6.07, 6.45) is 12.3. The summed E-state index contributed by atoms with van der Waals surface area (Å²) < 4.78 is 6.46. The number of fused-ring (bicyclic) bond motifs is 4. The SMILES string of the molecule is CCC12OC13CC[C@@H]1[C@@H](CC[C@]4(C)CCC[C@@H]14)[C@@]3(C)CCC2=O. The van der Waals surface area contributed by atoms with Gasteiger partial charge in [0.2, 0.25) is 0 Å². The first-order valence-electron chi connectivity index (χ1n) is 10.2. The standard InChI is InChI=1S/C21H32O2/c1-4-20-17(22)9-12-19(3)16-8-11-18(2)10-5-6-15(18)14(16)7-13-21(19,20)23-20/h14-16H,4-13H2,1-3H3/t14-,15-,16+,18-,19+,20?,21?/m0/s1. The van der Waals surface area contributed by atoms with Crippen molar-refractivity contribution in [2.75, 3.05) is 0 Å². The van der Waals surface area contributed by atoms with Gasteiger partial charge in [0.1, 0.15) is 5.60 Å². The topological polar surface area (TPSA) is 29.6 Å². The Kier molecular flexibility index (Phi) is 2.75. The van der Waals surface area contributed by atoms with Crippen LogP contribution in [0.25, 0.3) is 0 Å². The monoisotopic (exact) mass is 316 g/mol. The van der Waals surface area contributed by atoms with Gasteiger partial charge in [-0.05, 0) is 74.5 Å². The number of rotatable bonds is 1. The van der Waals surface area contributed by atoms with Crippen molar-refractivity contribution in [3.8, 4) is 0 Å². The third-order valence-corrected chi connectivity index (χ3v) is 9.57. The summed E-state index contributed by atoms with van der Waals surface area (Å²) in [6, 6.07) is 0. The molecular weight excluding hydrogens is 284 g/mol. The average Bonchev–Trinajstić information content (AvgIpc) is 3.08. The maximum atomic E-state index is 12.6. The summed E-state index contributed by atoms with van der Waals surface area (Å²) >= 11 is 0. The van der Waals surface area contributed by atoms with Crippen molar-refractivity contribution in [3.63, 3.8) is 0 Å². The highest BCUT2D eigenvalue weighted by molar-refractivity contribution is 5.93. The zero-order valence-electron chi connectivity index (χ0n) is 15.1. The molecule has 0 aromatic heterocycles. The van der Waals surface area contributed by atoms with E-state index in [9.17, 15) is 4.79 Å². The predicted molar refractivity (Wildman–Crippen MR) is 90.1 cm³/mol. The van der Waals surface area contributed by atoms with Gasteiger partial charge in [0.25, 0.3) is 0 Å². The first kappa shape index (κ1) is 14.9. The Balaban J connectivity index is 1.54. The minimum absolute atomic E-state index is 0.0857. The molecule has 4 aliphatic carbocycles. The molecular formula is C21H32O2. The van der Waals surface area contributed by atoms with Crippen LogP contribution in [0, 0.1) is 28.6 Å². The summed E-state index contributed by atoms with van der Waals surface area (Å²) in [6.45, 7) is 7.24. The molecule has 5 fully saturated rings. The third kappa shape index (κ3) is 1.46. The van der Waals surface area contributed by atoms with Crippen molar-refractivity contribution in [1.29, 1.82) is 0 Å². The van der Waals surface area contributed by atoms with Crippen LogP contribution in [0.15, 0.2) is 0 Å². The molecule has 4 saturated carbocycles. The van der Waals surface area contributed by atoms with E-state index in [2.05, 4.69) is 20.8 Å². The summed E-state index contributed by atoms with van der Waals surface area (Å²) in [4.78, 5) is 12.6. The molecule has 5 rings (SSSR count). The molecule has 1 heterocycles. The molecule has 0 bridgehead atoms. The lowest BCUT2D eigenvalue weighted by Crippen LogP contribution is -2.60. The first-order chi connectivity index (χ1) is 10.9. The second kappa shape index (κ2) is 4.23. The first-order valence-corrected chi connectivity index (χ1v) is 10.2. The molecule has 2 nitrogen and oxygen atoms in total. The van der Waals surface area contributed by atoms with Gasteiger partial charge >= 0.3 is 0 Å². The number of hydrogen-bond acceptors (Lipinski definition) is 2. The van der Waals surface area contributed by atoms with E-state index in [1.165, 1.54) is 38.5 Å². The molecule has 0 aromatic rings. The van der Waals surface area contributed by atoms with Gasteiger partial charge in [-0.3, -0.25) is 4.79 Å². The van der Waals surface area contributed by atoms with Gasteiger partial charge in [-0.2, -0.15) is 0 Å². The Morgan fingerprint density at radius 2 is 1.87 bits per heavy atom. The summed E-state index contributed by atoms with van der Waals surface area (Å²) in [5, 5.41) is 0. The van der Waals surface area contributed by atoms with Crippen molar-refractivity contribution < 1.29 is 9.53 Å². The molecule has 1 aliphatic heterocycles. The molecule has 2 heteroatoms. The van der Waals surface area contributed by atoms with Crippen molar-refractivity contribution in [2.24, 2.45) is 28.6 Å². The van der Waals surface area contributed by atoms with E-state index >= 15 is 0 Å². The second-order valence-electron chi connectivity index (χ2n) is 9.95. The van der Waals surface area contributed by atoms with Gasteiger partial charge in [0.15, 0.2) is 11.4 Å². The van der Waals surface area contributed by atoms with Gasteiger partial charge < -0.3 is 4.74 Å². The Hall–Kier alpha value is -0.370. The van der Waals surface area contributed by atoms with Crippen LogP contribution >= 0.6 is 0 Å². The van der Waals surface area contributed by atoms with Crippen molar-refractivity contribution in [2.45, 2.75) is 96.2 Å². The van der Waals surface area contributed by atoms with E-state index in [1.807, 2.05) is 0 Å². The minimum atomic E-state index is -0.388. The maximum Gasteiger partial charge on any atom is 0.167 e. The third-order valence-electron chi connectivity index (χ3n) is 9.57. The summed E-state index contributed by atoms with van der Waals surface area (Å²) in [7, 11) is 0. The molecule has 128 valence electrons. The number of carbonyl (C=O) groups is 1. The molecule has 0 radical (unpaired) electrons. The molecule has 1 saturated heterocycles. The summed E-state index contributed by atoms with van der Waals surface area (Å²) in [5.74, 6) is 3.06. The van der Waals surface area contributed by atoms with Crippen molar-refractivity contribution in [1.82, 2.24) is 0 Å². The highest BCUT2D eigenvalue weighted by atomic mass is 16.6. The Morgan fingerprint density at radius 1 is 1.04 bits per heavy atom. The van der Waals surface area contributed by atoms with Crippen LogP contribution in [0.2, 0.25) is 0 Å². The highest BCUT2D eigenvalue weighted by Gasteiger charge is 2.83. The fraction of sp³-hybridized carbons (Fsp3) is 0.952. The van der Waals surface area contributed by atoms with E-state index in [-0.39, 0.29) is 16.6 Å². The van der Waals surface area contributed by atoms with E-state index < -0.39 is 0 Å². The van der Waals surface area contributed by atoms with Crippen LogP contribution in [-0.2, 0) is 9.53 Å². The molecule has 2 unspecified atom stereocenters. The number of ketones is 1. The Labute approximate surface area is 140 Å². The lowest BCUT2D eigenvalue weighted by atomic mass is 9.43. The lowest BCUT2D eigenvalue weighted by molar-refractivity contribution is -0.134. The minimum Gasteiger partial charge on any atom is -0.354 e. The molecule has 7 atom stereocenters. The zero-order chi connectivity index (χ0) is 16.1. The molecule has 1 spiro atoms. The van der Waals surface area contributed by atoms with Crippen LogP contribution in [0.4, 0.5) is 0 Å².